The molecule has 0 spiro atoms. The number of fused-ring (bicyclic) bond motifs is 1. The summed E-state index contributed by atoms with van der Waals surface area (Å²) >= 11 is 5.94. The second-order valence-electron chi connectivity index (χ2n) is 4.53. The Morgan fingerprint density at radius 1 is 1.50 bits per heavy atom. The lowest BCUT2D eigenvalue weighted by Crippen LogP contribution is -2.30. The lowest BCUT2D eigenvalue weighted by molar-refractivity contribution is 0.589. The van der Waals surface area contributed by atoms with E-state index >= 15 is 0 Å². The van der Waals surface area contributed by atoms with Crippen molar-refractivity contribution >= 4 is 33.3 Å². The number of hydrogen-bond donors (Lipinski definition) is 2. The highest BCUT2D eigenvalue weighted by molar-refractivity contribution is 7.84. The molecule has 0 fully saturated rings. The third-order valence-electron chi connectivity index (χ3n) is 2.86. The fourth-order valence-electron chi connectivity index (χ4n) is 2.00. The molecule has 2 atom stereocenters. The molecule has 0 saturated heterocycles. The minimum atomic E-state index is -0.762. The monoisotopic (exact) mass is 284 g/mol. The van der Waals surface area contributed by atoms with Crippen molar-refractivity contribution in [1.82, 2.24) is 10.3 Å². The first-order chi connectivity index (χ1) is 8.56. The molecule has 1 heterocycles. The predicted molar refractivity (Wildman–Crippen MR) is 78.5 cm³/mol. The van der Waals surface area contributed by atoms with E-state index < -0.39 is 10.8 Å². The van der Waals surface area contributed by atoms with Crippen molar-refractivity contribution in [2.24, 2.45) is 0 Å². The van der Waals surface area contributed by atoms with Gasteiger partial charge in [0.2, 0.25) is 0 Å². The summed E-state index contributed by atoms with van der Waals surface area (Å²) in [6.07, 6.45) is 3.72. The van der Waals surface area contributed by atoms with E-state index in [-0.39, 0.29) is 6.04 Å². The molecule has 0 bridgehead atoms. The van der Waals surface area contributed by atoms with Gasteiger partial charge in [0.1, 0.15) is 0 Å². The van der Waals surface area contributed by atoms with E-state index in [0.29, 0.717) is 5.75 Å². The van der Waals surface area contributed by atoms with E-state index in [1.165, 1.54) is 10.9 Å². The van der Waals surface area contributed by atoms with Crippen LogP contribution in [0.2, 0.25) is 5.02 Å². The van der Waals surface area contributed by atoms with Crippen LogP contribution >= 0.6 is 11.6 Å². The highest BCUT2D eigenvalue weighted by atomic mass is 35.5. The highest BCUT2D eigenvalue weighted by Crippen LogP contribution is 2.21. The van der Waals surface area contributed by atoms with E-state index in [0.717, 1.165) is 17.1 Å². The van der Waals surface area contributed by atoms with Gasteiger partial charge in [-0.15, -0.1) is 0 Å². The molecule has 2 unspecified atom stereocenters. The van der Waals surface area contributed by atoms with E-state index in [1.54, 1.807) is 6.26 Å². The van der Waals surface area contributed by atoms with Gasteiger partial charge in [0.15, 0.2) is 0 Å². The maximum absolute atomic E-state index is 11.1. The first-order valence-electron chi connectivity index (χ1n) is 5.85. The Bertz CT molecular complexity index is 567. The maximum Gasteiger partial charge on any atom is 0.0472 e. The molecule has 1 aromatic heterocycles. The van der Waals surface area contributed by atoms with Gasteiger partial charge in [0, 0.05) is 57.5 Å². The van der Waals surface area contributed by atoms with E-state index in [9.17, 15) is 4.21 Å². The van der Waals surface area contributed by atoms with Gasteiger partial charge < -0.3 is 10.3 Å². The molecule has 2 N–H and O–H groups in total. The maximum atomic E-state index is 11.1. The third kappa shape index (κ3) is 3.34. The number of halogens is 1. The van der Waals surface area contributed by atoms with Crippen molar-refractivity contribution in [2.75, 3.05) is 12.0 Å². The second-order valence-corrected chi connectivity index (χ2v) is 6.44. The molecule has 0 radical (unpaired) electrons. The van der Waals surface area contributed by atoms with Crippen molar-refractivity contribution in [1.29, 1.82) is 0 Å². The van der Waals surface area contributed by atoms with Gasteiger partial charge in [-0.05, 0) is 24.6 Å². The van der Waals surface area contributed by atoms with Crippen LogP contribution in [-0.2, 0) is 17.3 Å². The van der Waals surface area contributed by atoms with E-state index in [4.69, 9.17) is 11.6 Å². The summed E-state index contributed by atoms with van der Waals surface area (Å²) in [7, 11) is -0.762. The van der Waals surface area contributed by atoms with E-state index in [2.05, 4.69) is 10.3 Å². The summed E-state index contributed by atoms with van der Waals surface area (Å²) < 4.78 is 11.1. The van der Waals surface area contributed by atoms with Gasteiger partial charge in [-0.2, -0.15) is 0 Å². The fraction of sp³-hybridized carbons (Fsp3) is 0.385. The number of H-pyrrole nitrogens is 1. The van der Waals surface area contributed by atoms with Gasteiger partial charge in [0.05, 0.1) is 0 Å². The van der Waals surface area contributed by atoms with Crippen LogP contribution in [0, 0.1) is 0 Å². The van der Waals surface area contributed by atoms with Crippen molar-refractivity contribution in [3.05, 3.63) is 35.0 Å². The Balaban J connectivity index is 2.06. The summed E-state index contributed by atoms with van der Waals surface area (Å²) in [4.78, 5) is 3.21. The minimum Gasteiger partial charge on any atom is -0.361 e. The van der Waals surface area contributed by atoms with Crippen LogP contribution < -0.4 is 5.32 Å². The summed E-state index contributed by atoms with van der Waals surface area (Å²) in [5.74, 6) is 0.675. The first kappa shape index (κ1) is 13.6. The number of rotatable bonds is 5. The van der Waals surface area contributed by atoms with Crippen molar-refractivity contribution < 1.29 is 4.21 Å². The fourth-order valence-corrected chi connectivity index (χ4v) is 2.99. The first-order valence-corrected chi connectivity index (χ1v) is 7.95. The molecule has 5 heteroatoms. The van der Waals surface area contributed by atoms with Crippen LogP contribution in [0.5, 0.6) is 0 Å². The zero-order chi connectivity index (χ0) is 13.1. The lowest BCUT2D eigenvalue weighted by atomic mass is 10.1. The minimum absolute atomic E-state index is 0.244. The molecule has 18 heavy (non-hydrogen) atoms. The van der Waals surface area contributed by atoms with Crippen molar-refractivity contribution in [3.8, 4) is 0 Å². The molecule has 0 aliphatic heterocycles. The van der Waals surface area contributed by atoms with Crippen LogP contribution in [-0.4, -0.2) is 27.2 Å². The summed E-state index contributed by atoms with van der Waals surface area (Å²) in [6.45, 7) is 2.81. The second kappa shape index (κ2) is 5.87. The van der Waals surface area contributed by atoms with Crippen molar-refractivity contribution in [2.45, 2.75) is 19.5 Å². The molecule has 98 valence electrons. The van der Waals surface area contributed by atoms with E-state index in [1.807, 2.05) is 31.3 Å². The Hall–Kier alpha value is -0.840. The van der Waals surface area contributed by atoms with Gasteiger partial charge in [-0.25, -0.2) is 0 Å². The number of hydrogen-bond acceptors (Lipinski definition) is 2. The predicted octanol–water partition coefficient (Wildman–Crippen LogP) is 2.68. The molecule has 2 rings (SSSR count). The van der Waals surface area contributed by atoms with Crippen LogP contribution in [0.4, 0.5) is 0 Å². The molecule has 1 aromatic carbocycles. The van der Waals surface area contributed by atoms with Crippen molar-refractivity contribution in [3.63, 3.8) is 0 Å². The smallest absolute Gasteiger partial charge is 0.0472 e. The van der Waals surface area contributed by atoms with Crippen LogP contribution in [0.25, 0.3) is 10.9 Å². The van der Waals surface area contributed by atoms with Crippen LogP contribution in [0.1, 0.15) is 12.5 Å². The average molecular weight is 285 g/mol. The summed E-state index contributed by atoms with van der Waals surface area (Å²) in [5.41, 5.74) is 2.25. The quantitative estimate of drug-likeness (QED) is 0.887. The molecule has 0 amide bonds. The molecule has 2 aromatic rings. The molecular formula is C13H17ClN2OS. The molecule has 0 saturated carbocycles. The molecule has 0 aliphatic rings. The van der Waals surface area contributed by atoms with Gasteiger partial charge in [-0.3, -0.25) is 4.21 Å². The topological polar surface area (TPSA) is 44.9 Å². The largest absolute Gasteiger partial charge is 0.361 e. The normalized spacial score (nSPS) is 14.8. The zero-order valence-electron chi connectivity index (χ0n) is 10.5. The number of aromatic amines is 1. The van der Waals surface area contributed by atoms with Crippen LogP contribution in [0.15, 0.2) is 24.4 Å². The Labute approximate surface area is 114 Å². The standard InChI is InChI=1S/C13H17ClN2OS/c1-9(8-18(2)17)15-6-10-7-16-13-5-11(14)3-4-12(10)13/h3-5,7,9,15-16H,6,8H2,1-2H3. The number of nitrogens with one attached hydrogen (secondary N) is 2. The lowest BCUT2D eigenvalue weighted by Gasteiger charge is -2.11. The zero-order valence-corrected chi connectivity index (χ0v) is 12.1. The molecule has 3 nitrogen and oxygen atoms in total. The van der Waals surface area contributed by atoms with Gasteiger partial charge in [0.25, 0.3) is 0 Å². The summed E-state index contributed by atoms with van der Waals surface area (Å²) in [6, 6.07) is 6.08. The SMILES string of the molecule is CC(CS(C)=O)NCc1c[nH]c2cc(Cl)ccc12. The van der Waals surface area contributed by atoms with Gasteiger partial charge >= 0.3 is 0 Å². The third-order valence-corrected chi connectivity index (χ3v) is 4.06. The highest BCUT2D eigenvalue weighted by Gasteiger charge is 2.07. The number of aromatic nitrogens is 1. The van der Waals surface area contributed by atoms with Crippen LogP contribution in [0.3, 0.4) is 0 Å². The Kier molecular flexibility index (Phi) is 4.43. The Morgan fingerprint density at radius 2 is 2.28 bits per heavy atom. The van der Waals surface area contributed by atoms with Gasteiger partial charge in [-0.1, -0.05) is 17.7 Å². The Morgan fingerprint density at radius 3 is 3.00 bits per heavy atom. The average Bonchev–Trinajstić information content (AvgIpc) is 2.67. The molecular weight excluding hydrogens is 268 g/mol. The molecule has 0 aliphatic carbocycles. The summed E-state index contributed by atoms with van der Waals surface area (Å²) in [5, 5.41) is 5.29. The number of benzene rings is 1.